The van der Waals surface area contributed by atoms with Crippen LogP contribution in [0.5, 0.6) is 0 Å². The molecule has 1 unspecified atom stereocenters. The lowest BCUT2D eigenvalue weighted by atomic mass is 9.98. The second kappa shape index (κ2) is 6.61. The van der Waals surface area contributed by atoms with E-state index in [0.29, 0.717) is 21.6 Å². The van der Waals surface area contributed by atoms with E-state index >= 15 is 0 Å². The standard InChI is InChI=1S/C24H16ClNO3/c1-14-6-5-9-17(12-14)26-21(15-7-3-2-4-8-15)20-22(27)18-13-16(25)10-11-19(18)29-23(20)24(26)28/h2-13,21H,1H3. The number of benzene rings is 3. The molecule has 1 amide bonds. The topological polar surface area (TPSA) is 50.5 Å². The number of rotatable bonds is 2. The Morgan fingerprint density at radius 3 is 2.48 bits per heavy atom. The predicted molar refractivity (Wildman–Crippen MR) is 114 cm³/mol. The lowest BCUT2D eigenvalue weighted by Crippen LogP contribution is -2.29. The normalized spacial score (nSPS) is 15.7. The van der Waals surface area contributed by atoms with Crippen LogP contribution in [0, 0.1) is 6.92 Å². The minimum absolute atomic E-state index is 0.0835. The van der Waals surface area contributed by atoms with E-state index in [1.165, 1.54) is 0 Å². The Bertz CT molecular complexity index is 1330. The van der Waals surface area contributed by atoms with Crippen LogP contribution < -0.4 is 10.3 Å². The van der Waals surface area contributed by atoms with E-state index < -0.39 is 6.04 Å². The quantitative estimate of drug-likeness (QED) is 0.445. The number of anilines is 1. The Morgan fingerprint density at radius 1 is 0.931 bits per heavy atom. The summed E-state index contributed by atoms with van der Waals surface area (Å²) >= 11 is 6.11. The Kier molecular flexibility index (Phi) is 4.03. The molecule has 0 radical (unpaired) electrons. The highest BCUT2D eigenvalue weighted by atomic mass is 35.5. The molecular formula is C24H16ClNO3. The Labute approximate surface area is 172 Å². The fourth-order valence-corrected chi connectivity index (χ4v) is 4.11. The number of hydrogen-bond donors (Lipinski definition) is 0. The van der Waals surface area contributed by atoms with Gasteiger partial charge in [0, 0.05) is 10.7 Å². The molecular weight excluding hydrogens is 386 g/mol. The van der Waals surface area contributed by atoms with Crippen molar-refractivity contribution in [3.05, 3.63) is 110 Å². The maximum atomic E-state index is 13.4. The van der Waals surface area contributed by atoms with E-state index in [9.17, 15) is 9.59 Å². The third-order valence-corrected chi connectivity index (χ3v) is 5.46. The third-order valence-electron chi connectivity index (χ3n) is 5.23. The molecule has 3 aromatic carbocycles. The minimum atomic E-state index is -0.569. The summed E-state index contributed by atoms with van der Waals surface area (Å²) in [5.41, 5.74) is 3.05. The van der Waals surface area contributed by atoms with Crippen molar-refractivity contribution < 1.29 is 9.21 Å². The summed E-state index contributed by atoms with van der Waals surface area (Å²) in [5, 5.41) is 0.817. The number of halogens is 1. The highest BCUT2D eigenvalue weighted by molar-refractivity contribution is 6.31. The predicted octanol–water partition coefficient (Wildman–Crippen LogP) is 5.50. The van der Waals surface area contributed by atoms with Gasteiger partial charge in [-0.05, 0) is 48.4 Å². The molecule has 4 nitrogen and oxygen atoms in total. The molecule has 4 aromatic rings. The molecule has 2 heterocycles. The first-order valence-corrected chi connectivity index (χ1v) is 9.64. The summed E-state index contributed by atoms with van der Waals surface area (Å²) in [6, 6.07) is 21.5. The average molecular weight is 402 g/mol. The molecule has 1 aromatic heterocycles. The van der Waals surface area contributed by atoms with E-state index in [2.05, 4.69) is 0 Å². The van der Waals surface area contributed by atoms with Crippen LogP contribution in [0.4, 0.5) is 5.69 Å². The third kappa shape index (κ3) is 2.76. The first-order valence-electron chi connectivity index (χ1n) is 9.26. The van der Waals surface area contributed by atoms with Crippen molar-refractivity contribution in [2.45, 2.75) is 13.0 Å². The van der Waals surface area contributed by atoms with Gasteiger partial charge in [0.1, 0.15) is 5.58 Å². The van der Waals surface area contributed by atoms with Crippen molar-refractivity contribution in [3.63, 3.8) is 0 Å². The molecule has 0 fully saturated rings. The second-order valence-corrected chi connectivity index (χ2v) is 7.58. The number of hydrogen-bond acceptors (Lipinski definition) is 3. The SMILES string of the molecule is Cc1cccc(N2C(=O)c3oc4ccc(Cl)cc4c(=O)c3C2c2ccccc2)c1. The molecule has 0 aliphatic carbocycles. The Hall–Kier alpha value is -3.37. The van der Waals surface area contributed by atoms with Crippen LogP contribution in [0.2, 0.25) is 5.02 Å². The largest absolute Gasteiger partial charge is 0.450 e. The number of amides is 1. The fourth-order valence-electron chi connectivity index (χ4n) is 3.94. The number of aryl methyl sites for hydroxylation is 1. The minimum Gasteiger partial charge on any atom is -0.450 e. The molecule has 1 aliphatic rings. The van der Waals surface area contributed by atoms with Gasteiger partial charge in [0.15, 0.2) is 5.43 Å². The van der Waals surface area contributed by atoms with Crippen molar-refractivity contribution in [1.29, 1.82) is 0 Å². The second-order valence-electron chi connectivity index (χ2n) is 7.14. The summed E-state index contributed by atoms with van der Waals surface area (Å²) in [6.07, 6.45) is 0. The van der Waals surface area contributed by atoms with E-state index in [0.717, 1.165) is 16.8 Å². The lowest BCUT2D eigenvalue weighted by molar-refractivity contribution is 0.0971. The molecule has 0 spiro atoms. The molecule has 0 saturated carbocycles. The summed E-state index contributed by atoms with van der Waals surface area (Å²) in [5.74, 6) is -0.242. The van der Waals surface area contributed by atoms with Gasteiger partial charge in [-0.15, -0.1) is 0 Å². The van der Waals surface area contributed by atoms with Crippen LogP contribution in [0.15, 0.2) is 82.0 Å². The van der Waals surface area contributed by atoms with Crippen molar-refractivity contribution in [3.8, 4) is 0 Å². The molecule has 142 valence electrons. The average Bonchev–Trinajstić information content (AvgIpc) is 3.02. The van der Waals surface area contributed by atoms with Gasteiger partial charge < -0.3 is 4.42 Å². The summed E-state index contributed by atoms with van der Waals surface area (Å²) in [7, 11) is 0. The van der Waals surface area contributed by atoms with Gasteiger partial charge in [-0.1, -0.05) is 54.1 Å². The Balaban J connectivity index is 1.84. The monoisotopic (exact) mass is 401 g/mol. The van der Waals surface area contributed by atoms with E-state index in [-0.39, 0.29) is 17.1 Å². The number of carbonyl (C=O) groups is 1. The number of fused-ring (bicyclic) bond motifs is 2. The van der Waals surface area contributed by atoms with Gasteiger partial charge in [-0.3, -0.25) is 14.5 Å². The molecule has 5 heteroatoms. The molecule has 0 bridgehead atoms. The molecule has 0 saturated heterocycles. The van der Waals surface area contributed by atoms with Gasteiger partial charge >= 0.3 is 0 Å². The van der Waals surface area contributed by atoms with Crippen molar-refractivity contribution in [2.24, 2.45) is 0 Å². The molecule has 29 heavy (non-hydrogen) atoms. The van der Waals surface area contributed by atoms with Gasteiger partial charge in [-0.25, -0.2) is 0 Å². The van der Waals surface area contributed by atoms with Crippen LogP contribution in [-0.4, -0.2) is 5.91 Å². The van der Waals surface area contributed by atoms with Crippen LogP contribution in [-0.2, 0) is 0 Å². The maximum Gasteiger partial charge on any atom is 0.295 e. The zero-order valence-electron chi connectivity index (χ0n) is 15.6. The van der Waals surface area contributed by atoms with E-state index in [4.69, 9.17) is 16.0 Å². The van der Waals surface area contributed by atoms with Gasteiger partial charge in [-0.2, -0.15) is 0 Å². The molecule has 0 N–H and O–H groups in total. The smallest absolute Gasteiger partial charge is 0.295 e. The van der Waals surface area contributed by atoms with Gasteiger partial charge in [0.25, 0.3) is 5.91 Å². The first-order chi connectivity index (χ1) is 14.0. The van der Waals surface area contributed by atoms with E-state index in [1.54, 1.807) is 23.1 Å². The summed E-state index contributed by atoms with van der Waals surface area (Å²) in [4.78, 5) is 28.5. The lowest BCUT2D eigenvalue weighted by Gasteiger charge is -2.25. The van der Waals surface area contributed by atoms with E-state index in [1.807, 2.05) is 61.5 Å². The highest BCUT2D eigenvalue weighted by Gasteiger charge is 2.43. The van der Waals surface area contributed by atoms with Crippen molar-refractivity contribution in [2.75, 3.05) is 4.90 Å². The summed E-state index contributed by atoms with van der Waals surface area (Å²) in [6.45, 7) is 1.97. The number of carbonyl (C=O) groups excluding carboxylic acids is 1. The van der Waals surface area contributed by atoms with Gasteiger partial charge in [0.05, 0.1) is 17.0 Å². The first kappa shape index (κ1) is 17.7. The fraction of sp³-hybridized carbons (Fsp3) is 0.0833. The summed E-state index contributed by atoms with van der Waals surface area (Å²) < 4.78 is 5.94. The maximum absolute atomic E-state index is 13.4. The van der Waals surface area contributed by atoms with Crippen molar-refractivity contribution in [1.82, 2.24) is 0 Å². The molecule has 5 rings (SSSR count). The van der Waals surface area contributed by atoms with Crippen molar-refractivity contribution >= 4 is 34.2 Å². The highest BCUT2D eigenvalue weighted by Crippen LogP contribution is 2.41. The van der Waals surface area contributed by atoms with Crippen LogP contribution >= 0.6 is 11.6 Å². The Morgan fingerprint density at radius 2 is 1.72 bits per heavy atom. The zero-order chi connectivity index (χ0) is 20.1. The van der Waals surface area contributed by atoms with Crippen LogP contribution in [0.1, 0.15) is 33.3 Å². The van der Waals surface area contributed by atoms with Gasteiger partial charge in [0.2, 0.25) is 5.76 Å². The molecule has 1 atom stereocenters. The number of nitrogens with zero attached hydrogens (tertiary/aromatic N) is 1. The van der Waals surface area contributed by atoms with Crippen LogP contribution in [0.3, 0.4) is 0 Å². The van der Waals surface area contributed by atoms with Crippen LogP contribution in [0.25, 0.3) is 11.0 Å². The molecule has 1 aliphatic heterocycles. The zero-order valence-corrected chi connectivity index (χ0v) is 16.3.